The molecule has 0 saturated carbocycles. The number of carbonyl (C=O) groups excluding carboxylic acids is 1. The normalized spacial score (nSPS) is 17.0. The Morgan fingerprint density at radius 3 is 2.83 bits per heavy atom. The van der Waals surface area contributed by atoms with E-state index in [0.717, 1.165) is 24.9 Å². The molecule has 2 rings (SSSR count). The van der Waals surface area contributed by atoms with Gasteiger partial charge < -0.3 is 5.32 Å². The van der Waals surface area contributed by atoms with E-state index in [1.165, 1.54) is 5.56 Å². The quantitative estimate of drug-likeness (QED) is 0.660. The van der Waals surface area contributed by atoms with E-state index >= 15 is 0 Å². The van der Waals surface area contributed by atoms with Crippen molar-refractivity contribution >= 4 is 6.29 Å². The molecular formula is C10H11NO. The minimum Gasteiger partial charge on any atom is -0.315 e. The highest BCUT2D eigenvalue weighted by atomic mass is 16.1. The molecule has 0 amide bonds. The summed E-state index contributed by atoms with van der Waals surface area (Å²) in [5.41, 5.74) is 2.05. The predicted molar refractivity (Wildman–Crippen MR) is 47.4 cm³/mol. The summed E-state index contributed by atoms with van der Waals surface area (Å²) in [6, 6.07) is 7.83. The number of hydrogen-bond donors (Lipinski definition) is 1. The second kappa shape index (κ2) is 3.07. The van der Waals surface area contributed by atoms with E-state index in [4.69, 9.17) is 0 Å². The van der Waals surface area contributed by atoms with Crippen molar-refractivity contribution in [2.45, 2.75) is 5.92 Å². The van der Waals surface area contributed by atoms with Crippen LogP contribution in [0.1, 0.15) is 21.8 Å². The number of benzene rings is 1. The van der Waals surface area contributed by atoms with Crippen LogP contribution < -0.4 is 5.32 Å². The van der Waals surface area contributed by atoms with Gasteiger partial charge in [-0.1, -0.05) is 18.2 Å². The van der Waals surface area contributed by atoms with Crippen molar-refractivity contribution in [3.8, 4) is 0 Å². The highest BCUT2D eigenvalue weighted by Gasteiger charge is 2.18. The minimum atomic E-state index is 0.616. The van der Waals surface area contributed by atoms with Crippen molar-refractivity contribution in [2.24, 2.45) is 0 Å². The third kappa shape index (κ3) is 1.25. The first-order chi connectivity index (χ1) is 5.90. The molecule has 0 atom stereocenters. The summed E-state index contributed by atoms with van der Waals surface area (Å²) in [4.78, 5) is 10.5. The molecule has 0 aliphatic carbocycles. The highest BCUT2D eigenvalue weighted by Crippen LogP contribution is 2.19. The molecule has 1 aliphatic rings. The monoisotopic (exact) mass is 161 g/mol. The van der Waals surface area contributed by atoms with Crippen LogP contribution >= 0.6 is 0 Å². The number of carbonyl (C=O) groups is 1. The smallest absolute Gasteiger partial charge is 0.150 e. The summed E-state index contributed by atoms with van der Waals surface area (Å²) >= 11 is 0. The molecule has 0 bridgehead atoms. The Hall–Kier alpha value is -1.15. The van der Waals surface area contributed by atoms with Crippen molar-refractivity contribution < 1.29 is 4.79 Å². The molecule has 12 heavy (non-hydrogen) atoms. The van der Waals surface area contributed by atoms with Crippen molar-refractivity contribution in [1.82, 2.24) is 5.32 Å². The largest absolute Gasteiger partial charge is 0.315 e. The zero-order chi connectivity index (χ0) is 8.39. The molecule has 1 N–H and O–H groups in total. The molecule has 0 radical (unpaired) electrons. The molecule has 0 unspecified atom stereocenters. The summed E-state index contributed by atoms with van der Waals surface area (Å²) in [6.45, 7) is 2.09. The maximum Gasteiger partial charge on any atom is 0.150 e. The SMILES string of the molecule is O=Cc1cccc(C2CNC2)c1. The average Bonchev–Trinajstić information content (AvgIpc) is 2.02. The topological polar surface area (TPSA) is 29.1 Å². The first kappa shape index (κ1) is 7.50. The molecule has 1 saturated heterocycles. The average molecular weight is 161 g/mol. The lowest BCUT2D eigenvalue weighted by atomic mass is 9.93. The zero-order valence-corrected chi connectivity index (χ0v) is 6.79. The van der Waals surface area contributed by atoms with Crippen LogP contribution in [0.5, 0.6) is 0 Å². The van der Waals surface area contributed by atoms with Gasteiger partial charge in [-0.2, -0.15) is 0 Å². The standard InChI is InChI=1S/C10H11NO/c12-7-8-2-1-3-9(4-8)10-5-11-6-10/h1-4,7,10-11H,5-6H2. The fourth-order valence-electron chi connectivity index (χ4n) is 1.41. The van der Waals surface area contributed by atoms with Crippen LogP contribution in [0.3, 0.4) is 0 Å². The third-order valence-electron chi connectivity index (χ3n) is 2.30. The number of nitrogens with one attached hydrogen (secondary N) is 1. The van der Waals surface area contributed by atoms with Gasteiger partial charge in [0.25, 0.3) is 0 Å². The number of rotatable bonds is 2. The molecule has 2 heteroatoms. The van der Waals surface area contributed by atoms with Gasteiger partial charge in [0, 0.05) is 24.6 Å². The fourth-order valence-corrected chi connectivity index (χ4v) is 1.41. The van der Waals surface area contributed by atoms with Crippen molar-refractivity contribution in [3.63, 3.8) is 0 Å². The lowest BCUT2D eigenvalue weighted by Crippen LogP contribution is -2.39. The highest BCUT2D eigenvalue weighted by molar-refractivity contribution is 5.75. The van der Waals surface area contributed by atoms with Gasteiger partial charge in [-0.05, 0) is 11.6 Å². The molecule has 1 aromatic carbocycles. The lowest BCUT2D eigenvalue weighted by Gasteiger charge is -2.27. The number of aldehydes is 1. The third-order valence-corrected chi connectivity index (χ3v) is 2.30. The Balaban J connectivity index is 2.25. The van der Waals surface area contributed by atoms with Crippen LogP contribution in [0.15, 0.2) is 24.3 Å². The maximum atomic E-state index is 10.5. The molecule has 0 aromatic heterocycles. The Labute approximate surface area is 71.6 Å². The van der Waals surface area contributed by atoms with Crippen molar-refractivity contribution in [1.29, 1.82) is 0 Å². The van der Waals surface area contributed by atoms with Crippen molar-refractivity contribution in [3.05, 3.63) is 35.4 Å². The van der Waals surface area contributed by atoms with Gasteiger partial charge in [0.1, 0.15) is 6.29 Å². The summed E-state index contributed by atoms with van der Waals surface area (Å²) in [5.74, 6) is 0.616. The van der Waals surface area contributed by atoms with Gasteiger partial charge >= 0.3 is 0 Å². The molecule has 2 nitrogen and oxygen atoms in total. The minimum absolute atomic E-state index is 0.616. The van der Waals surface area contributed by atoms with E-state index in [-0.39, 0.29) is 0 Å². The van der Waals surface area contributed by atoms with Crippen molar-refractivity contribution in [2.75, 3.05) is 13.1 Å². The summed E-state index contributed by atoms with van der Waals surface area (Å²) < 4.78 is 0. The first-order valence-corrected chi connectivity index (χ1v) is 4.16. The second-order valence-electron chi connectivity index (χ2n) is 3.14. The van der Waals surface area contributed by atoms with E-state index in [9.17, 15) is 4.79 Å². The molecule has 0 spiro atoms. The summed E-state index contributed by atoms with van der Waals surface area (Å²) in [6.07, 6.45) is 0.898. The fraction of sp³-hybridized carbons (Fsp3) is 0.300. The van der Waals surface area contributed by atoms with Crippen LogP contribution in [-0.4, -0.2) is 19.4 Å². The second-order valence-corrected chi connectivity index (χ2v) is 3.14. The first-order valence-electron chi connectivity index (χ1n) is 4.16. The van der Waals surface area contributed by atoms with Crippen LogP contribution in [0, 0.1) is 0 Å². The summed E-state index contributed by atoms with van der Waals surface area (Å²) in [5, 5.41) is 3.21. The van der Waals surface area contributed by atoms with Crippen LogP contribution in [0.2, 0.25) is 0 Å². The zero-order valence-electron chi connectivity index (χ0n) is 6.79. The number of hydrogen-bond acceptors (Lipinski definition) is 2. The van der Waals surface area contributed by atoms with Gasteiger partial charge in [0.05, 0.1) is 0 Å². The Morgan fingerprint density at radius 1 is 1.42 bits per heavy atom. The molecule has 62 valence electrons. The van der Waals surface area contributed by atoms with Gasteiger partial charge in [0.15, 0.2) is 0 Å². The Bertz CT molecular complexity index is 292. The van der Waals surface area contributed by atoms with Crippen LogP contribution in [0.25, 0.3) is 0 Å². The molecule has 1 aliphatic heterocycles. The van der Waals surface area contributed by atoms with Gasteiger partial charge in [-0.3, -0.25) is 4.79 Å². The van der Waals surface area contributed by atoms with E-state index in [1.54, 1.807) is 0 Å². The molecule has 1 aromatic rings. The maximum absolute atomic E-state index is 10.5. The van der Waals surface area contributed by atoms with Gasteiger partial charge in [0.2, 0.25) is 0 Å². The molecule has 1 fully saturated rings. The predicted octanol–water partition coefficient (Wildman–Crippen LogP) is 1.19. The van der Waals surface area contributed by atoms with E-state index < -0.39 is 0 Å². The Kier molecular flexibility index (Phi) is 1.92. The van der Waals surface area contributed by atoms with E-state index in [1.807, 2.05) is 18.2 Å². The van der Waals surface area contributed by atoms with Crippen LogP contribution in [0.4, 0.5) is 0 Å². The van der Waals surface area contributed by atoms with E-state index in [0.29, 0.717) is 5.92 Å². The molecule has 1 heterocycles. The lowest BCUT2D eigenvalue weighted by molar-refractivity contribution is 0.112. The van der Waals surface area contributed by atoms with E-state index in [2.05, 4.69) is 11.4 Å². The van der Waals surface area contributed by atoms with Gasteiger partial charge in [-0.25, -0.2) is 0 Å². The molecular weight excluding hydrogens is 150 g/mol. The Morgan fingerprint density at radius 2 is 2.25 bits per heavy atom. The summed E-state index contributed by atoms with van der Waals surface area (Å²) in [7, 11) is 0. The van der Waals surface area contributed by atoms with Crippen LogP contribution in [-0.2, 0) is 0 Å². The van der Waals surface area contributed by atoms with Gasteiger partial charge in [-0.15, -0.1) is 0 Å².